The van der Waals surface area contributed by atoms with Crippen LogP contribution in [0.3, 0.4) is 0 Å². The highest BCUT2D eigenvalue weighted by Crippen LogP contribution is 2.18. The molecule has 0 bridgehead atoms. The summed E-state index contributed by atoms with van der Waals surface area (Å²) in [7, 11) is 1.67. The van der Waals surface area contributed by atoms with Gasteiger partial charge >= 0.3 is 6.03 Å². The molecule has 1 fully saturated rings. The van der Waals surface area contributed by atoms with Gasteiger partial charge in [0, 0.05) is 52.0 Å². The maximum absolute atomic E-state index is 12.1. The van der Waals surface area contributed by atoms with Gasteiger partial charge in [0.1, 0.15) is 11.9 Å². The van der Waals surface area contributed by atoms with Gasteiger partial charge in [0.25, 0.3) is 0 Å². The number of ether oxygens (including phenoxy) is 2. The SMILES string of the molecule is CC[C@@H](CNC(=O)N1CCC(Oc2ccncc2)CC1)OC. The Hall–Kier alpha value is -1.82. The largest absolute Gasteiger partial charge is 0.490 e. The monoisotopic (exact) mass is 307 g/mol. The predicted molar refractivity (Wildman–Crippen MR) is 83.9 cm³/mol. The number of pyridine rings is 1. The third kappa shape index (κ3) is 4.87. The van der Waals surface area contributed by atoms with E-state index in [9.17, 15) is 4.79 Å². The molecule has 6 heteroatoms. The normalized spacial score (nSPS) is 17.1. The lowest BCUT2D eigenvalue weighted by atomic mass is 10.1. The molecule has 1 aromatic rings. The molecule has 1 aromatic heterocycles. The highest BCUT2D eigenvalue weighted by Gasteiger charge is 2.24. The first-order chi connectivity index (χ1) is 10.7. The summed E-state index contributed by atoms with van der Waals surface area (Å²) in [6.07, 6.45) is 6.26. The Kier molecular flexibility index (Phi) is 6.45. The number of hydrogen-bond donors (Lipinski definition) is 1. The van der Waals surface area contributed by atoms with Crippen LogP contribution in [0.25, 0.3) is 0 Å². The lowest BCUT2D eigenvalue weighted by Gasteiger charge is -2.32. The number of carbonyl (C=O) groups excluding carboxylic acids is 1. The Balaban J connectivity index is 1.71. The van der Waals surface area contributed by atoms with Gasteiger partial charge in [-0.1, -0.05) is 6.92 Å². The number of rotatable bonds is 6. The molecule has 0 unspecified atom stereocenters. The van der Waals surface area contributed by atoms with Crippen LogP contribution in [0.4, 0.5) is 4.79 Å². The Morgan fingerprint density at radius 2 is 2.09 bits per heavy atom. The van der Waals surface area contributed by atoms with Crippen molar-refractivity contribution in [1.82, 2.24) is 15.2 Å². The number of nitrogens with zero attached hydrogens (tertiary/aromatic N) is 2. The van der Waals surface area contributed by atoms with Gasteiger partial charge in [0.15, 0.2) is 0 Å². The van der Waals surface area contributed by atoms with E-state index in [-0.39, 0.29) is 18.2 Å². The quantitative estimate of drug-likeness (QED) is 0.874. The Labute approximate surface area is 131 Å². The minimum absolute atomic E-state index is 0.0159. The van der Waals surface area contributed by atoms with E-state index in [0.29, 0.717) is 19.6 Å². The Morgan fingerprint density at radius 3 is 2.68 bits per heavy atom. The zero-order valence-corrected chi connectivity index (χ0v) is 13.3. The lowest BCUT2D eigenvalue weighted by molar-refractivity contribution is 0.0909. The van der Waals surface area contributed by atoms with Crippen molar-refractivity contribution >= 4 is 6.03 Å². The van der Waals surface area contributed by atoms with Gasteiger partial charge in [-0.3, -0.25) is 4.98 Å². The number of piperidine rings is 1. The van der Waals surface area contributed by atoms with Crippen LogP contribution in [0.15, 0.2) is 24.5 Å². The summed E-state index contributed by atoms with van der Waals surface area (Å²) in [6.45, 7) is 4.03. The van der Waals surface area contributed by atoms with Gasteiger partial charge in [-0.05, 0) is 18.6 Å². The van der Waals surface area contributed by atoms with Crippen molar-refractivity contribution in [3.8, 4) is 5.75 Å². The van der Waals surface area contributed by atoms with Crippen molar-refractivity contribution in [2.45, 2.75) is 38.4 Å². The molecular formula is C16H25N3O3. The summed E-state index contributed by atoms with van der Waals surface area (Å²) < 4.78 is 11.2. The van der Waals surface area contributed by atoms with Crippen LogP contribution in [-0.2, 0) is 4.74 Å². The second-order valence-corrected chi connectivity index (χ2v) is 5.44. The van der Waals surface area contributed by atoms with Crippen LogP contribution >= 0.6 is 0 Å². The first kappa shape index (κ1) is 16.5. The highest BCUT2D eigenvalue weighted by molar-refractivity contribution is 5.74. The van der Waals surface area contributed by atoms with E-state index in [1.165, 1.54) is 0 Å². The summed E-state index contributed by atoms with van der Waals surface area (Å²) in [5.74, 6) is 0.837. The molecule has 1 aliphatic heterocycles. The number of aromatic nitrogens is 1. The number of nitrogens with one attached hydrogen (secondary N) is 1. The molecule has 0 saturated carbocycles. The molecule has 0 aromatic carbocycles. The maximum atomic E-state index is 12.1. The number of urea groups is 1. The first-order valence-electron chi connectivity index (χ1n) is 7.85. The average Bonchev–Trinajstić information content (AvgIpc) is 2.57. The Morgan fingerprint density at radius 1 is 1.41 bits per heavy atom. The fraction of sp³-hybridized carbons (Fsp3) is 0.625. The highest BCUT2D eigenvalue weighted by atomic mass is 16.5. The average molecular weight is 307 g/mol. The van der Waals surface area contributed by atoms with Crippen LogP contribution < -0.4 is 10.1 Å². The fourth-order valence-electron chi connectivity index (χ4n) is 2.49. The molecule has 6 nitrogen and oxygen atoms in total. The van der Waals surface area contributed by atoms with Crippen LogP contribution in [0, 0.1) is 0 Å². The van der Waals surface area contributed by atoms with Crippen molar-refractivity contribution in [2.75, 3.05) is 26.7 Å². The number of hydrogen-bond acceptors (Lipinski definition) is 4. The fourth-order valence-corrected chi connectivity index (χ4v) is 2.49. The smallest absolute Gasteiger partial charge is 0.317 e. The molecule has 1 aliphatic rings. The molecule has 0 aliphatic carbocycles. The molecule has 1 N–H and O–H groups in total. The number of carbonyl (C=O) groups is 1. The topological polar surface area (TPSA) is 63.7 Å². The van der Waals surface area contributed by atoms with Crippen molar-refractivity contribution in [3.63, 3.8) is 0 Å². The number of amides is 2. The zero-order chi connectivity index (χ0) is 15.8. The number of likely N-dealkylation sites (tertiary alicyclic amines) is 1. The van der Waals surface area contributed by atoms with E-state index in [1.807, 2.05) is 24.0 Å². The molecule has 0 radical (unpaired) electrons. The second kappa shape index (κ2) is 8.58. The van der Waals surface area contributed by atoms with Crippen LogP contribution in [0.2, 0.25) is 0 Å². The Bertz CT molecular complexity index is 443. The minimum Gasteiger partial charge on any atom is -0.490 e. The minimum atomic E-state index is -0.0159. The molecule has 2 rings (SSSR count). The van der Waals surface area contributed by atoms with E-state index in [2.05, 4.69) is 10.3 Å². The molecule has 2 amide bonds. The third-order valence-electron chi connectivity index (χ3n) is 3.95. The number of methoxy groups -OCH3 is 1. The van der Waals surface area contributed by atoms with Crippen molar-refractivity contribution in [3.05, 3.63) is 24.5 Å². The van der Waals surface area contributed by atoms with E-state index in [1.54, 1.807) is 19.5 Å². The maximum Gasteiger partial charge on any atom is 0.317 e. The molecular weight excluding hydrogens is 282 g/mol. The van der Waals surface area contributed by atoms with Gasteiger partial charge in [-0.15, -0.1) is 0 Å². The molecule has 1 atom stereocenters. The van der Waals surface area contributed by atoms with Crippen molar-refractivity contribution < 1.29 is 14.3 Å². The van der Waals surface area contributed by atoms with Gasteiger partial charge in [-0.25, -0.2) is 4.79 Å². The predicted octanol–water partition coefficient (Wildman–Crippen LogP) is 2.06. The molecule has 1 saturated heterocycles. The summed E-state index contributed by atoms with van der Waals surface area (Å²) >= 11 is 0. The third-order valence-corrected chi connectivity index (χ3v) is 3.95. The van der Waals surface area contributed by atoms with Gasteiger partial charge in [0.2, 0.25) is 0 Å². The lowest BCUT2D eigenvalue weighted by Crippen LogP contribution is -2.48. The van der Waals surface area contributed by atoms with Crippen molar-refractivity contribution in [2.24, 2.45) is 0 Å². The van der Waals surface area contributed by atoms with Crippen LogP contribution in [0.1, 0.15) is 26.2 Å². The summed E-state index contributed by atoms with van der Waals surface area (Å²) in [5, 5.41) is 2.93. The van der Waals surface area contributed by atoms with Crippen LogP contribution in [0.5, 0.6) is 5.75 Å². The van der Waals surface area contributed by atoms with Crippen molar-refractivity contribution in [1.29, 1.82) is 0 Å². The van der Waals surface area contributed by atoms with E-state index in [4.69, 9.17) is 9.47 Å². The molecule has 22 heavy (non-hydrogen) atoms. The summed E-state index contributed by atoms with van der Waals surface area (Å²) in [6, 6.07) is 3.70. The molecule has 2 heterocycles. The van der Waals surface area contributed by atoms with Gasteiger partial charge < -0.3 is 19.7 Å². The van der Waals surface area contributed by atoms with E-state index >= 15 is 0 Å². The van der Waals surface area contributed by atoms with Gasteiger partial charge in [0.05, 0.1) is 6.10 Å². The van der Waals surface area contributed by atoms with E-state index < -0.39 is 0 Å². The molecule has 0 spiro atoms. The zero-order valence-electron chi connectivity index (χ0n) is 13.3. The second-order valence-electron chi connectivity index (χ2n) is 5.44. The first-order valence-corrected chi connectivity index (χ1v) is 7.85. The van der Waals surface area contributed by atoms with Gasteiger partial charge in [-0.2, -0.15) is 0 Å². The standard InChI is InChI=1S/C16H25N3O3/c1-3-13(21-2)12-18-16(20)19-10-6-15(7-11-19)22-14-4-8-17-9-5-14/h4-5,8-9,13,15H,3,6-7,10-12H2,1-2H3,(H,18,20)/t13-/m0/s1. The molecule has 122 valence electrons. The van der Waals surface area contributed by atoms with E-state index in [0.717, 1.165) is 25.0 Å². The summed E-state index contributed by atoms with van der Waals surface area (Å²) in [4.78, 5) is 17.9. The van der Waals surface area contributed by atoms with Crippen LogP contribution in [-0.4, -0.2) is 54.9 Å². The summed E-state index contributed by atoms with van der Waals surface area (Å²) in [5.41, 5.74) is 0.